The lowest BCUT2D eigenvalue weighted by atomic mass is 10.1. The van der Waals surface area contributed by atoms with E-state index in [1.54, 1.807) is 31.2 Å². The van der Waals surface area contributed by atoms with Gasteiger partial charge in [-0.25, -0.2) is 0 Å². The third-order valence-electron chi connectivity index (χ3n) is 1.53. The van der Waals surface area contributed by atoms with E-state index >= 15 is 0 Å². The molecule has 1 N–H and O–H groups in total. The fraction of sp³-hybridized carbons (Fsp3) is 0.222. The quantitative estimate of drug-likeness (QED) is 0.649. The molecule has 1 aromatic rings. The van der Waals surface area contributed by atoms with Crippen LogP contribution >= 0.6 is 0 Å². The standard InChI is InChI=1S/C9H10O2/c1-7(11)9-4-2-3-8(5-9)6-10/h2-7,11H,1H3/t7-/m1/s1. The van der Waals surface area contributed by atoms with Gasteiger partial charge in [-0.3, -0.25) is 4.79 Å². The highest BCUT2D eigenvalue weighted by molar-refractivity contribution is 5.74. The number of aliphatic hydroxyl groups excluding tert-OH is 1. The Kier molecular flexibility index (Phi) is 2.39. The van der Waals surface area contributed by atoms with Gasteiger partial charge in [-0.1, -0.05) is 18.2 Å². The number of hydrogen-bond donors (Lipinski definition) is 1. The maximum absolute atomic E-state index is 10.3. The maximum Gasteiger partial charge on any atom is 0.150 e. The molecule has 0 heterocycles. The van der Waals surface area contributed by atoms with Crippen molar-refractivity contribution in [3.8, 4) is 0 Å². The predicted molar refractivity (Wildman–Crippen MR) is 42.5 cm³/mol. The van der Waals surface area contributed by atoms with Crippen LogP contribution in [0.2, 0.25) is 0 Å². The molecular weight excluding hydrogens is 140 g/mol. The Morgan fingerprint density at radius 2 is 2.27 bits per heavy atom. The zero-order valence-corrected chi connectivity index (χ0v) is 6.32. The second-order valence-electron chi connectivity index (χ2n) is 2.46. The van der Waals surface area contributed by atoms with Crippen molar-refractivity contribution >= 4 is 6.29 Å². The summed E-state index contributed by atoms with van der Waals surface area (Å²) < 4.78 is 0. The van der Waals surface area contributed by atoms with Crippen molar-refractivity contribution in [1.82, 2.24) is 0 Å². The van der Waals surface area contributed by atoms with Crippen molar-refractivity contribution in [2.24, 2.45) is 0 Å². The first-order chi connectivity index (χ1) is 5.24. The molecule has 0 bridgehead atoms. The Hall–Kier alpha value is -1.15. The molecule has 1 aromatic carbocycles. The zero-order valence-electron chi connectivity index (χ0n) is 6.32. The minimum Gasteiger partial charge on any atom is -0.389 e. The molecule has 0 aliphatic carbocycles. The number of hydrogen-bond acceptors (Lipinski definition) is 2. The van der Waals surface area contributed by atoms with E-state index in [1.807, 2.05) is 0 Å². The lowest BCUT2D eigenvalue weighted by molar-refractivity contribution is 0.112. The summed E-state index contributed by atoms with van der Waals surface area (Å²) in [6.45, 7) is 1.67. The van der Waals surface area contributed by atoms with Gasteiger partial charge in [0.15, 0.2) is 0 Å². The molecule has 0 fully saturated rings. The molecule has 0 spiro atoms. The van der Waals surface area contributed by atoms with E-state index in [4.69, 9.17) is 5.11 Å². The first-order valence-corrected chi connectivity index (χ1v) is 3.47. The second-order valence-corrected chi connectivity index (χ2v) is 2.46. The molecule has 0 saturated heterocycles. The van der Waals surface area contributed by atoms with Crippen molar-refractivity contribution in [2.75, 3.05) is 0 Å². The smallest absolute Gasteiger partial charge is 0.150 e. The summed E-state index contributed by atoms with van der Waals surface area (Å²) in [6, 6.07) is 6.93. The lowest BCUT2D eigenvalue weighted by Gasteiger charge is -2.03. The van der Waals surface area contributed by atoms with Crippen molar-refractivity contribution in [3.63, 3.8) is 0 Å². The number of carbonyl (C=O) groups excluding carboxylic acids is 1. The van der Waals surface area contributed by atoms with Gasteiger partial charge in [-0.05, 0) is 18.6 Å². The zero-order chi connectivity index (χ0) is 8.27. The molecule has 2 heteroatoms. The largest absolute Gasteiger partial charge is 0.389 e. The van der Waals surface area contributed by atoms with E-state index in [0.717, 1.165) is 11.8 Å². The highest BCUT2D eigenvalue weighted by Gasteiger charge is 1.99. The van der Waals surface area contributed by atoms with Crippen LogP contribution in [0, 0.1) is 0 Å². The number of carbonyl (C=O) groups is 1. The van der Waals surface area contributed by atoms with Gasteiger partial charge >= 0.3 is 0 Å². The van der Waals surface area contributed by atoms with Crippen molar-refractivity contribution in [2.45, 2.75) is 13.0 Å². The Morgan fingerprint density at radius 1 is 1.55 bits per heavy atom. The van der Waals surface area contributed by atoms with Crippen LogP contribution in [0.1, 0.15) is 28.9 Å². The van der Waals surface area contributed by atoms with Crippen molar-refractivity contribution in [1.29, 1.82) is 0 Å². The van der Waals surface area contributed by atoms with Crippen molar-refractivity contribution in [3.05, 3.63) is 35.4 Å². The predicted octanol–water partition coefficient (Wildman–Crippen LogP) is 1.55. The summed E-state index contributed by atoms with van der Waals surface area (Å²) in [4.78, 5) is 10.3. The van der Waals surface area contributed by atoms with E-state index in [2.05, 4.69) is 0 Å². The van der Waals surface area contributed by atoms with Gasteiger partial charge in [-0.15, -0.1) is 0 Å². The molecule has 0 radical (unpaired) electrons. The van der Waals surface area contributed by atoms with Crippen LogP contribution in [0.3, 0.4) is 0 Å². The van der Waals surface area contributed by atoms with Crippen LogP contribution in [0.25, 0.3) is 0 Å². The van der Waals surface area contributed by atoms with Gasteiger partial charge in [0.25, 0.3) is 0 Å². The van der Waals surface area contributed by atoms with Crippen LogP contribution in [0.15, 0.2) is 24.3 Å². The Bertz CT molecular complexity index is 253. The molecule has 1 atom stereocenters. The van der Waals surface area contributed by atoms with E-state index in [0.29, 0.717) is 5.56 Å². The average Bonchev–Trinajstić information content (AvgIpc) is 2.05. The summed E-state index contributed by atoms with van der Waals surface area (Å²) >= 11 is 0. The highest BCUT2D eigenvalue weighted by atomic mass is 16.3. The highest BCUT2D eigenvalue weighted by Crippen LogP contribution is 2.11. The molecule has 0 amide bonds. The molecule has 0 aromatic heterocycles. The number of benzene rings is 1. The number of aldehydes is 1. The number of rotatable bonds is 2. The molecule has 0 aliphatic rings. The van der Waals surface area contributed by atoms with Crippen LogP contribution in [0.4, 0.5) is 0 Å². The molecule has 0 saturated carbocycles. The summed E-state index contributed by atoms with van der Waals surface area (Å²) in [6.07, 6.45) is 0.265. The monoisotopic (exact) mass is 150 g/mol. The van der Waals surface area contributed by atoms with Crippen LogP contribution in [-0.2, 0) is 0 Å². The topological polar surface area (TPSA) is 37.3 Å². The fourth-order valence-electron chi connectivity index (χ4n) is 0.892. The lowest BCUT2D eigenvalue weighted by Crippen LogP contribution is -1.91. The second kappa shape index (κ2) is 3.30. The van der Waals surface area contributed by atoms with Gasteiger partial charge in [-0.2, -0.15) is 0 Å². The minimum absolute atomic E-state index is 0.505. The van der Waals surface area contributed by atoms with Gasteiger partial charge in [0.05, 0.1) is 6.10 Å². The van der Waals surface area contributed by atoms with Crippen LogP contribution in [-0.4, -0.2) is 11.4 Å². The Balaban J connectivity index is 3.00. The maximum atomic E-state index is 10.3. The first kappa shape index (κ1) is 7.95. The molecule has 11 heavy (non-hydrogen) atoms. The fourth-order valence-corrected chi connectivity index (χ4v) is 0.892. The van der Waals surface area contributed by atoms with Gasteiger partial charge in [0.2, 0.25) is 0 Å². The average molecular weight is 150 g/mol. The molecule has 0 aliphatic heterocycles. The third kappa shape index (κ3) is 1.88. The molecule has 0 unspecified atom stereocenters. The normalized spacial score (nSPS) is 12.5. The molecule has 1 rings (SSSR count). The third-order valence-corrected chi connectivity index (χ3v) is 1.53. The van der Waals surface area contributed by atoms with E-state index in [-0.39, 0.29) is 0 Å². The Morgan fingerprint density at radius 3 is 2.82 bits per heavy atom. The summed E-state index contributed by atoms with van der Waals surface area (Å²) in [7, 11) is 0. The first-order valence-electron chi connectivity index (χ1n) is 3.47. The van der Waals surface area contributed by atoms with Crippen LogP contribution in [0.5, 0.6) is 0 Å². The molecule has 2 nitrogen and oxygen atoms in total. The van der Waals surface area contributed by atoms with Crippen molar-refractivity contribution < 1.29 is 9.90 Å². The summed E-state index contributed by atoms with van der Waals surface area (Å²) in [5.41, 5.74) is 1.37. The SMILES string of the molecule is C[C@@H](O)c1cccc(C=O)c1. The molecular formula is C9H10O2. The van der Waals surface area contributed by atoms with Gasteiger partial charge in [0.1, 0.15) is 6.29 Å². The Labute approximate surface area is 65.5 Å². The van der Waals surface area contributed by atoms with Crippen LogP contribution < -0.4 is 0 Å². The van der Waals surface area contributed by atoms with Gasteiger partial charge in [0, 0.05) is 5.56 Å². The van der Waals surface area contributed by atoms with E-state index in [9.17, 15) is 4.79 Å². The minimum atomic E-state index is -0.505. The summed E-state index contributed by atoms with van der Waals surface area (Å²) in [5, 5.41) is 9.13. The number of aliphatic hydroxyl groups is 1. The summed E-state index contributed by atoms with van der Waals surface area (Å²) in [5.74, 6) is 0. The van der Waals surface area contributed by atoms with Gasteiger partial charge < -0.3 is 5.11 Å². The van der Waals surface area contributed by atoms with E-state index in [1.165, 1.54) is 0 Å². The van der Waals surface area contributed by atoms with E-state index < -0.39 is 6.10 Å². The molecule has 58 valence electrons.